The van der Waals surface area contributed by atoms with Crippen LogP contribution in [0.2, 0.25) is 0 Å². The minimum atomic E-state index is 0.534. The highest BCUT2D eigenvalue weighted by molar-refractivity contribution is 5.86. The van der Waals surface area contributed by atoms with Gasteiger partial charge < -0.3 is 19.6 Å². The van der Waals surface area contributed by atoms with Crippen LogP contribution >= 0.6 is 0 Å². The Morgan fingerprint density at radius 2 is 1.93 bits per heavy atom. The van der Waals surface area contributed by atoms with E-state index in [9.17, 15) is 0 Å². The minimum absolute atomic E-state index is 0.534. The zero-order valence-corrected chi connectivity index (χ0v) is 16.7. The lowest BCUT2D eigenvalue weighted by molar-refractivity contribution is 0.368. The topological polar surface area (TPSA) is 76.0 Å². The monoisotopic (exact) mass is 398 g/mol. The van der Waals surface area contributed by atoms with E-state index in [4.69, 9.17) is 9.26 Å². The van der Waals surface area contributed by atoms with Crippen molar-refractivity contribution in [2.45, 2.75) is 13.0 Å². The molecule has 150 valence electrons. The first-order valence-corrected chi connectivity index (χ1v) is 9.96. The van der Waals surface area contributed by atoms with Gasteiger partial charge in [-0.1, -0.05) is 41.6 Å². The fourth-order valence-corrected chi connectivity index (χ4v) is 3.68. The zero-order chi connectivity index (χ0) is 20.3. The third kappa shape index (κ3) is 3.65. The first kappa shape index (κ1) is 18.4. The first-order valence-electron chi connectivity index (χ1n) is 9.96. The molecule has 0 aliphatic rings. The number of nitrogens with one attached hydrogen (secondary N) is 2. The number of hydrogen-bond acceptors (Lipinski definition) is 5. The van der Waals surface area contributed by atoms with E-state index in [2.05, 4.69) is 57.0 Å². The van der Waals surface area contributed by atoms with E-state index in [-0.39, 0.29) is 0 Å². The number of aromatic amines is 1. The largest absolute Gasteiger partial charge is 0.497 e. The Morgan fingerprint density at radius 1 is 1.03 bits per heavy atom. The van der Waals surface area contributed by atoms with Crippen LogP contribution in [0, 0.1) is 0 Å². The molecule has 0 saturated heterocycles. The van der Waals surface area contributed by atoms with Crippen LogP contribution in [-0.2, 0) is 13.0 Å². The van der Waals surface area contributed by atoms with Crippen molar-refractivity contribution in [2.24, 2.45) is 0 Å². The van der Waals surface area contributed by atoms with Crippen molar-refractivity contribution in [1.82, 2.24) is 20.4 Å². The van der Waals surface area contributed by atoms with E-state index in [0.717, 1.165) is 35.2 Å². The molecule has 3 aromatic carbocycles. The number of rotatable bonds is 7. The van der Waals surface area contributed by atoms with Gasteiger partial charge >= 0.3 is 0 Å². The molecule has 0 bridgehead atoms. The molecule has 0 aliphatic carbocycles. The number of hydrogen-bond donors (Lipinski definition) is 2. The van der Waals surface area contributed by atoms with Crippen LogP contribution in [0.25, 0.3) is 33.1 Å². The normalized spacial score (nSPS) is 11.4. The summed E-state index contributed by atoms with van der Waals surface area (Å²) in [6.45, 7) is 1.34. The Labute approximate surface area is 173 Å². The van der Waals surface area contributed by atoms with Crippen LogP contribution in [-0.4, -0.2) is 28.8 Å². The second kappa shape index (κ2) is 8.00. The number of fused-ring (bicyclic) bond motifs is 2. The molecular formula is C24H22N4O2. The van der Waals surface area contributed by atoms with Crippen molar-refractivity contribution in [3.8, 4) is 17.1 Å². The standard InChI is InChI=1S/C24H22N4O2/c1-29-20-8-9-22-21(13-20)19(14-26-22)10-11-25-15-23-27-24(28-30-23)18-7-6-16-4-2-3-5-17(16)12-18/h2-9,12-14,25-26H,10-11,15H2,1H3. The summed E-state index contributed by atoms with van der Waals surface area (Å²) in [5.74, 6) is 2.06. The predicted octanol–water partition coefficient (Wildman–Crippen LogP) is 4.71. The van der Waals surface area contributed by atoms with Crippen molar-refractivity contribution in [1.29, 1.82) is 0 Å². The van der Waals surface area contributed by atoms with E-state index in [1.165, 1.54) is 16.3 Å². The highest BCUT2D eigenvalue weighted by atomic mass is 16.5. The molecular weight excluding hydrogens is 376 g/mol. The lowest BCUT2D eigenvalue weighted by atomic mass is 10.1. The maximum absolute atomic E-state index is 5.42. The minimum Gasteiger partial charge on any atom is -0.497 e. The zero-order valence-electron chi connectivity index (χ0n) is 16.7. The summed E-state index contributed by atoms with van der Waals surface area (Å²) in [5, 5.41) is 11.1. The van der Waals surface area contributed by atoms with E-state index < -0.39 is 0 Å². The molecule has 0 aliphatic heterocycles. The number of methoxy groups -OCH3 is 1. The molecule has 2 N–H and O–H groups in total. The Kier molecular flexibility index (Phi) is 4.91. The van der Waals surface area contributed by atoms with Crippen molar-refractivity contribution in [3.63, 3.8) is 0 Å². The predicted molar refractivity (Wildman–Crippen MR) is 118 cm³/mol. The smallest absolute Gasteiger partial charge is 0.240 e. The first-order chi connectivity index (χ1) is 14.8. The quantitative estimate of drug-likeness (QED) is 0.388. The highest BCUT2D eigenvalue weighted by Gasteiger charge is 2.10. The summed E-state index contributed by atoms with van der Waals surface area (Å²) in [7, 11) is 1.69. The molecule has 2 aromatic heterocycles. The van der Waals surface area contributed by atoms with Gasteiger partial charge in [0.2, 0.25) is 11.7 Å². The molecule has 6 heteroatoms. The van der Waals surface area contributed by atoms with Crippen LogP contribution in [0.5, 0.6) is 5.75 Å². The fourth-order valence-electron chi connectivity index (χ4n) is 3.68. The molecule has 5 rings (SSSR count). The van der Waals surface area contributed by atoms with Crippen LogP contribution in [0.15, 0.2) is 71.4 Å². The van der Waals surface area contributed by atoms with Crippen molar-refractivity contribution >= 4 is 21.7 Å². The maximum Gasteiger partial charge on any atom is 0.240 e. The Balaban J connectivity index is 1.21. The van der Waals surface area contributed by atoms with Crippen molar-refractivity contribution in [3.05, 3.63) is 78.3 Å². The summed E-state index contributed by atoms with van der Waals surface area (Å²) in [5.41, 5.74) is 3.32. The van der Waals surface area contributed by atoms with Gasteiger partial charge in [0, 0.05) is 22.7 Å². The van der Waals surface area contributed by atoms with Crippen molar-refractivity contribution < 1.29 is 9.26 Å². The molecule has 0 radical (unpaired) electrons. The molecule has 30 heavy (non-hydrogen) atoms. The van der Waals surface area contributed by atoms with Crippen LogP contribution in [0.3, 0.4) is 0 Å². The van der Waals surface area contributed by atoms with Gasteiger partial charge in [0.25, 0.3) is 0 Å². The van der Waals surface area contributed by atoms with E-state index in [1.54, 1.807) is 7.11 Å². The second-order valence-corrected chi connectivity index (χ2v) is 7.23. The van der Waals surface area contributed by atoms with Gasteiger partial charge in [-0.25, -0.2) is 0 Å². The Morgan fingerprint density at radius 3 is 2.83 bits per heavy atom. The molecule has 6 nitrogen and oxygen atoms in total. The number of aromatic nitrogens is 3. The van der Waals surface area contributed by atoms with Crippen LogP contribution < -0.4 is 10.1 Å². The van der Waals surface area contributed by atoms with Crippen LogP contribution in [0.4, 0.5) is 0 Å². The Bertz CT molecular complexity index is 1310. The fraction of sp³-hybridized carbons (Fsp3) is 0.167. The van der Waals surface area contributed by atoms with Gasteiger partial charge in [-0.15, -0.1) is 0 Å². The van der Waals surface area contributed by atoms with Gasteiger partial charge in [0.05, 0.1) is 13.7 Å². The van der Waals surface area contributed by atoms with Gasteiger partial charge in [0.1, 0.15) is 5.75 Å². The summed E-state index contributed by atoms with van der Waals surface area (Å²) < 4.78 is 10.8. The van der Waals surface area contributed by atoms with Gasteiger partial charge in [-0.2, -0.15) is 4.98 Å². The molecule has 0 fully saturated rings. The average Bonchev–Trinajstić information content (AvgIpc) is 3.43. The number of nitrogens with zero attached hydrogens (tertiary/aromatic N) is 2. The highest BCUT2D eigenvalue weighted by Crippen LogP contribution is 2.24. The average molecular weight is 398 g/mol. The number of benzene rings is 3. The SMILES string of the molecule is COc1ccc2[nH]cc(CCNCc3nc(-c4ccc5ccccc5c4)no3)c2c1. The van der Waals surface area contributed by atoms with Crippen molar-refractivity contribution in [2.75, 3.05) is 13.7 Å². The third-order valence-electron chi connectivity index (χ3n) is 5.30. The van der Waals surface area contributed by atoms with E-state index >= 15 is 0 Å². The molecule has 0 amide bonds. The second-order valence-electron chi connectivity index (χ2n) is 7.23. The maximum atomic E-state index is 5.42. The van der Waals surface area contributed by atoms with E-state index in [1.807, 2.05) is 30.3 Å². The summed E-state index contributed by atoms with van der Waals surface area (Å²) in [6.07, 6.45) is 2.94. The van der Waals surface area contributed by atoms with E-state index in [0.29, 0.717) is 18.3 Å². The molecule has 0 unspecified atom stereocenters. The molecule has 0 atom stereocenters. The van der Waals surface area contributed by atoms with Gasteiger partial charge in [0.15, 0.2) is 0 Å². The summed E-state index contributed by atoms with van der Waals surface area (Å²) >= 11 is 0. The number of ether oxygens (including phenoxy) is 1. The molecule has 2 heterocycles. The van der Waals surface area contributed by atoms with Gasteiger partial charge in [-0.05, 0) is 53.6 Å². The number of H-pyrrole nitrogens is 1. The third-order valence-corrected chi connectivity index (χ3v) is 5.30. The summed E-state index contributed by atoms with van der Waals surface area (Å²) in [6, 6.07) is 20.5. The van der Waals surface area contributed by atoms with Gasteiger partial charge in [-0.3, -0.25) is 0 Å². The molecule has 0 spiro atoms. The van der Waals surface area contributed by atoms with Crippen LogP contribution in [0.1, 0.15) is 11.5 Å². The Hall–Kier alpha value is -3.64. The lowest BCUT2D eigenvalue weighted by Crippen LogP contribution is -2.16. The molecule has 0 saturated carbocycles. The summed E-state index contributed by atoms with van der Waals surface area (Å²) in [4.78, 5) is 7.84. The molecule has 5 aromatic rings. The lowest BCUT2D eigenvalue weighted by Gasteiger charge is -2.03.